The molecule has 3 aromatic heterocycles. The second-order valence-electron chi connectivity index (χ2n) is 7.08. The molecular weight excluding hydrogens is 479 g/mol. The highest BCUT2D eigenvalue weighted by atomic mass is 35.5. The van der Waals surface area contributed by atoms with Crippen LogP contribution in [0.15, 0.2) is 76.6 Å². The minimum Gasteiger partial charge on any atom is -0.420 e. The van der Waals surface area contributed by atoms with Crippen molar-refractivity contribution in [1.29, 1.82) is 0 Å². The molecule has 0 amide bonds. The summed E-state index contributed by atoms with van der Waals surface area (Å²) in [5.74, 6) is 1.93. The third-order valence-corrected chi connectivity index (χ3v) is 6.34. The zero-order valence-electron chi connectivity index (χ0n) is 17.3. The molecular formula is C23H16Cl2N6OS. The van der Waals surface area contributed by atoms with Gasteiger partial charge in [0.05, 0.1) is 22.0 Å². The average molecular weight is 495 g/mol. The smallest absolute Gasteiger partial charge is 0.249 e. The quantitative estimate of drug-likeness (QED) is 0.256. The molecule has 0 aliphatic rings. The zero-order valence-corrected chi connectivity index (χ0v) is 19.6. The van der Waals surface area contributed by atoms with Crippen LogP contribution in [-0.2, 0) is 5.75 Å². The first-order valence-electron chi connectivity index (χ1n) is 9.92. The second kappa shape index (κ2) is 9.35. The fourth-order valence-electron chi connectivity index (χ4n) is 3.29. The Morgan fingerprint density at radius 1 is 0.939 bits per heavy atom. The zero-order chi connectivity index (χ0) is 22.8. The molecule has 0 saturated heterocycles. The predicted octanol–water partition coefficient (Wildman–Crippen LogP) is 6.29. The SMILES string of the molecule is Cc1ccccc1-n1c(SCc2nnc(-c3ccc(Cl)cc3Cl)o2)nnc1-c1ccncc1. The van der Waals surface area contributed by atoms with Gasteiger partial charge in [-0.2, -0.15) is 0 Å². The molecule has 0 aliphatic heterocycles. The number of nitrogens with zero attached hydrogens (tertiary/aromatic N) is 6. The van der Waals surface area contributed by atoms with E-state index in [1.165, 1.54) is 11.8 Å². The predicted molar refractivity (Wildman–Crippen MR) is 129 cm³/mol. The van der Waals surface area contributed by atoms with E-state index >= 15 is 0 Å². The number of aryl methyl sites for hydroxylation is 1. The van der Waals surface area contributed by atoms with Crippen LogP contribution in [-0.4, -0.2) is 29.9 Å². The topological polar surface area (TPSA) is 82.5 Å². The maximum absolute atomic E-state index is 6.27. The molecule has 0 saturated carbocycles. The highest BCUT2D eigenvalue weighted by Gasteiger charge is 2.19. The van der Waals surface area contributed by atoms with Gasteiger partial charge in [-0.15, -0.1) is 20.4 Å². The van der Waals surface area contributed by atoms with Crippen molar-refractivity contribution in [2.24, 2.45) is 0 Å². The van der Waals surface area contributed by atoms with Gasteiger partial charge in [-0.1, -0.05) is 53.2 Å². The molecule has 3 heterocycles. The Morgan fingerprint density at radius 2 is 1.76 bits per heavy atom. The molecule has 0 unspecified atom stereocenters. The normalized spacial score (nSPS) is 11.1. The number of hydrogen-bond acceptors (Lipinski definition) is 7. The lowest BCUT2D eigenvalue weighted by atomic mass is 10.2. The van der Waals surface area contributed by atoms with Gasteiger partial charge < -0.3 is 4.42 Å². The van der Waals surface area contributed by atoms with Gasteiger partial charge >= 0.3 is 0 Å². The Kier molecular flexibility index (Phi) is 6.13. The third kappa shape index (κ3) is 4.50. The summed E-state index contributed by atoms with van der Waals surface area (Å²) in [6.07, 6.45) is 3.47. The molecule has 164 valence electrons. The van der Waals surface area contributed by atoms with Crippen molar-refractivity contribution in [3.8, 4) is 28.5 Å². The molecule has 0 atom stereocenters. The maximum Gasteiger partial charge on any atom is 0.249 e. The minimum atomic E-state index is 0.338. The minimum absolute atomic E-state index is 0.338. The molecule has 5 aromatic rings. The Labute approximate surface area is 203 Å². The van der Waals surface area contributed by atoms with Crippen LogP contribution < -0.4 is 0 Å². The molecule has 0 bridgehead atoms. The van der Waals surface area contributed by atoms with Crippen LogP contribution >= 0.6 is 35.0 Å². The number of aromatic nitrogens is 6. The summed E-state index contributed by atoms with van der Waals surface area (Å²) in [6, 6.07) is 17.0. The van der Waals surface area contributed by atoms with Gasteiger partial charge in [0.25, 0.3) is 0 Å². The Morgan fingerprint density at radius 3 is 2.55 bits per heavy atom. The maximum atomic E-state index is 6.27. The van der Waals surface area contributed by atoms with Crippen molar-refractivity contribution in [2.45, 2.75) is 17.8 Å². The van der Waals surface area contributed by atoms with Crippen LogP contribution in [0, 0.1) is 6.92 Å². The Hall–Kier alpha value is -3.20. The van der Waals surface area contributed by atoms with E-state index in [4.69, 9.17) is 27.6 Å². The number of hydrogen-bond donors (Lipinski definition) is 0. The van der Waals surface area contributed by atoms with Crippen molar-refractivity contribution >= 4 is 35.0 Å². The molecule has 0 aliphatic carbocycles. The van der Waals surface area contributed by atoms with Crippen LogP contribution in [0.5, 0.6) is 0 Å². The number of rotatable bonds is 6. The molecule has 2 aromatic carbocycles. The summed E-state index contributed by atoms with van der Waals surface area (Å²) in [7, 11) is 0. The molecule has 7 nitrogen and oxygen atoms in total. The van der Waals surface area contributed by atoms with Crippen molar-refractivity contribution in [1.82, 2.24) is 29.9 Å². The van der Waals surface area contributed by atoms with Gasteiger partial charge in [0.15, 0.2) is 11.0 Å². The van der Waals surface area contributed by atoms with Crippen LogP contribution in [0.25, 0.3) is 28.5 Å². The number of para-hydroxylation sites is 1. The largest absolute Gasteiger partial charge is 0.420 e. The van der Waals surface area contributed by atoms with E-state index in [1.807, 2.05) is 34.9 Å². The van der Waals surface area contributed by atoms with E-state index in [0.29, 0.717) is 38.3 Å². The summed E-state index contributed by atoms with van der Waals surface area (Å²) in [5.41, 5.74) is 3.65. The summed E-state index contributed by atoms with van der Waals surface area (Å²) in [6.45, 7) is 2.06. The van der Waals surface area contributed by atoms with Crippen LogP contribution in [0.1, 0.15) is 11.5 Å². The number of pyridine rings is 1. The van der Waals surface area contributed by atoms with Crippen molar-refractivity contribution in [3.63, 3.8) is 0 Å². The summed E-state index contributed by atoms with van der Waals surface area (Å²) >= 11 is 13.7. The first kappa shape index (κ1) is 21.6. The van der Waals surface area contributed by atoms with Gasteiger partial charge in [-0.25, -0.2) is 0 Å². The highest BCUT2D eigenvalue weighted by Crippen LogP contribution is 2.33. The van der Waals surface area contributed by atoms with Crippen molar-refractivity contribution < 1.29 is 4.42 Å². The molecule has 0 fully saturated rings. The summed E-state index contributed by atoms with van der Waals surface area (Å²) < 4.78 is 7.87. The van der Waals surface area contributed by atoms with Gasteiger partial charge in [0, 0.05) is 23.0 Å². The highest BCUT2D eigenvalue weighted by molar-refractivity contribution is 7.98. The molecule has 0 N–H and O–H groups in total. The van der Waals surface area contributed by atoms with Crippen LogP contribution in [0.4, 0.5) is 0 Å². The Bertz CT molecular complexity index is 1420. The van der Waals surface area contributed by atoms with Gasteiger partial charge in [-0.05, 0) is 48.9 Å². The first-order chi connectivity index (χ1) is 16.1. The first-order valence-corrected chi connectivity index (χ1v) is 11.7. The lowest BCUT2D eigenvalue weighted by Crippen LogP contribution is -2.02. The Balaban J connectivity index is 1.46. The lowest BCUT2D eigenvalue weighted by molar-refractivity contribution is 0.528. The van der Waals surface area contributed by atoms with Crippen molar-refractivity contribution in [2.75, 3.05) is 0 Å². The number of thioether (sulfide) groups is 1. The van der Waals surface area contributed by atoms with Crippen LogP contribution in [0.2, 0.25) is 10.0 Å². The van der Waals surface area contributed by atoms with Gasteiger partial charge in [0.2, 0.25) is 11.8 Å². The van der Waals surface area contributed by atoms with Crippen molar-refractivity contribution in [3.05, 3.63) is 88.5 Å². The molecule has 33 heavy (non-hydrogen) atoms. The fourth-order valence-corrected chi connectivity index (χ4v) is 4.56. The van der Waals surface area contributed by atoms with E-state index in [2.05, 4.69) is 38.4 Å². The monoisotopic (exact) mass is 494 g/mol. The summed E-state index contributed by atoms with van der Waals surface area (Å²) in [5, 5.41) is 18.9. The van der Waals surface area contributed by atoms with E-state index in [0.717, 1.165) is 22.6 Å². The van der Waals surface area contributed by atoms with E-state index in [9.17, 15) is 0 Å². The average Bonchev–Trinajstić information content (AvgIpc) is 3.46. The second-order valence-corrected chi connectivity index (χ2v) is 8.86. The van der Waals surface area contributed by atoms with E-state index in [1.54, 1.807) is 30.6 Å². The van der Waals surface area contributed by atoms with Crippen LogP contribution in [0.3, 0.4) is 0 Å². The number of halogens is 2. The standard InChI is InChI=1S/C23H16Cl2N6OS/c1-14-4-2-3-5-19(14)31-21(15-8-10-26-11-9-15)28-30-23(31)33-13-20-27-29-22(32-20)17-7-6-16(24)12-18(17)25/h2-12H,13H2,1H3. The molecule has 10 heteroatoms. The van der Waals surface area contributed by atoms with Gasteiger partial charge in [0.1, 0.15) is 0 Å². The fraction of sp³-hybridized carbons (Fsp3) is 0.0870. The lowest BCUT2D eigenvalue weighted by Gasteiger charge is -2.12. The third-order valence-electron chi connectivity index (χ3n) is 4.88. The van der Waals surface area contributed by atoms with E-state index < -0.39 is 0 Å². The van der Waals surface area contributed by atoms with E-state index in [-0.39, 0.29) is 0 Å². The molecule has 0 spiro atoms. The molecule has 0 radical (unpaired) electrons. The van der Waals surface area contributed by atoms with Gasteiger partial charge in [-0.3, -0.25) is 9.55 Å². The molecule has 5 rings (SSSR count). The number of benzene rings is 2. The summed E-state index contributed by atoms with van der Waals surface area (Å²) in [4.78, 5) is 4.10.